The number of ether oxygens (including phenoxy) is 1. The number of anilines is 1. The number of H-pyrrole nitrogens is 1. The highest BCUT2D eigenvalue weighted by Gasteiger charge is 2.38. The van der Waals surface area contributed by atoms with Gasteiger partial charge in [-0.1, -0.05) is 12.1 Å². The first-order valence-electron chi connectivity index (χ1n) is 10.8. The molecule has 1 aliphatic heterocycles. The number of sulfonamides is 1. The lowest BCUT2D eigenvalue weighted by Crippen LogP contribution is -2.44. The van der Waals surface area contributed by atoms with Gasteiger partial charge in [-0.15, -0.1) is 0 Å². The number of carbonyl (C=O) groups excluding carboxylic acids is 3. The summed E-state index contributed by atoms with van der Waals surface area (Å²) >= 11 is 0. The molecule has 0 bridgehead atoms. The number of piperidine rings is 1. The third kappa shape index (κ3) is 5.17. The van der Waals surface area contributed by atoms with Gasteiger partial charge < -0.3 is 15.0 Å². The fourth-order valence-corrected chi connectivity index (χ4v) is 6.03. The maximum Gasteiger partial charge on any atom is 0.341 e. The van der Waals surface area contributed by atoms with E-state index in [-0.39, 0.29) is 41.8 Å². The normalized spacial score (nSPS) is 16.9. The van der Waals surface area contributed by atoms with Gasteiger partial charge in [-0.25, -0.2) is 13.2 Å². The number of aromatic nitrogens is 1. The second-order valence-corrected chi connectivity index (χ2v) is 10.0. The number of carbonyl (C=O) groups is 3. The minimum absolute atomic E-state index is 0.00183. The molecule has 1 unspecified atom stereocenters. The van der Waals surface area contributed by atoms with Crippen LogP contribution in [0, 0.1) is 19.8 Å². The lowest BCUT2D eigenvalue weighted by Gasteiger charge is -2.31. The van der Waals surface area contributed by atoms with Gasteiger partial charge in [0.25, 0.3) is 0 Å². The molecule has 1 fully saturated rings. The molecule has 0 aliphatic carbocycles. The Labute approximate surface area is 193 Å². The van der Waals surface area contributed by atoms with Crippen molar-refractivity contribution in [1.29, 1.82) is 0 Å². The van der Waals surface area contributed by atoms with Gasteiger partial charge in [0.15, 0.2) is 5.78 Å². The van der Waals surface area contributed by atoms with Gasteiger partial charge in [0.2, 0.25) is 15.9 Å². The average Bonchev–Trinajstić information content (AvgIpc) is 3.08. The highest BCUT2D eigenvalue weighted by atomic mass is 32.2. The summed E-state index contributed by atoms with van der Waals surface area (Å²) in [6, 6.07) is 6.61. The molecule has 9 nitrogen and oxygen atoms in total. The van der Waals surface area contributed by atoms with Crippen molar-refractivity contribution in [2.45, 2.75) is 45.4 Å². The molecule has 178 valence electrons. The number of amides is 1. The number of ketones is 1. The highest BCUT2D eigenvalue weighted by molar-refractivity contribution is 7.89. The molecule has 2 N–H and O–H groups in total. The molecule has 0 saturated carbocycles. The van der Waals surface area contributed by atoms with Crippen LogP contribution < -0.4 is 5.32 Å². The maximum absolute atomic E-state index is 13.5. The molecule has 33 heavy (non-hydrogen) atoms. The van der Waals surface area contributed by atoms with Crippen LogP contribution in [0.15, 0.2) is 29.2 Å². The van der Waals surface area contributed by atoms with Crippen molar-refractivity contribution < 1.29 is 27.5 Å². The van der Waals surface area contributed by atoms with E-state index in [9.17, 15) is 22.8 Å². The second kappa shape index (κ2) is 9.88. The summed E-state index contributed by atoms with van der Waals surface area (Å²) < 4.78 is 33.4. The number of nitrogens with zero attached hydrogens (tertiary/aromatic N) is 1. The van der Waals surface area contributed by atoms with Crippen LogP contribution in [0.4, 0.5) is 5.69 Å². The Morgan fingerprint density at radius 2 is 1.94 bits per heavy atom. The molecule has 1 atom stereocenters. The number of rotatable bonds is 7. The first kappa shape index (κ1) is 24.7. The predicted octanol–water partition coefficient (Wildman–Crippen LogP) is 3.05. The average molecular weight is 476 g/mol. The lowest BCUT2D eigenvalue weighted by molar-refractivity contribution is -0.120. The molecular formula is C23H29N3O6S. The number of aryl methyl sites for hydroxylation is 2. The summed E-state index contributed by atoms with van der Waals surface area (Å²) in [6.07, 6.45) is 1.03. The van der Waals surface area contributed by atoms with Crippen molar-refractivity contribution in [1.82, 2.24) is 9.29 Å². The predicted molar refractivity (Wildman–Crippen MR) is 123 cm³/mol. The molecule has 3 rings (SSSR count). The van der Waals surface area contributed by atoms with Gasteiger partial charge in [0, 0.05) is 35.7 Å². The van der Waals surface area contributed by atoms with E-state index in [1.165, 1.54) is 11.2 Å². The summed E-state index contributed by atoms with van der Waals surface area (Å²) in [7, 11) is -4.05. The molecule has 2 aromatic rings. The quantitative estimate of drug-likeness (QED) is 0.468. The van der Waals surface area contributed by atoms with Gasteiger partial charge in [0.05, 0.1) is 12.5 Å². The lowest BCUT2D eigenvalue weighted by atomic mass is 9.98. The molecule has 10 heteroatoms. The number of Topliss-reactive ketones (excluding diaryl/α,β-unsaturated/α-hetero) is 1. The Bertz CT molecular complexity index is 1180. The number of nitrogens with one attached hydrogen (secondary N) is 2. The van der Waals surface area contributed by atoms with Crippen molar-refractivity contribution in [2.75, 3.05) is 25.0 Å². The third-order valence-corrected chi connectivity index (χ3v) is 7.72. The minimum Gasteiger partial charge on any atom is -0.462 e. The Hall–Kier alpha value is -2.98. The molecule has 0 spiro atoms. The van der Waals surface area contributed by atoms with Crippen LogP contribution in [0.25, 0.3) is 0 Å². The Morgan fingerprint density at radius 3 is 2.61 bits per heavy atom. The van der Waals surface area contributed by atoms with Crippen LogP contribution in [0.5, 0.6) is 0 Å². The SMILES string of the molecule is CCOC(=O)c1c(C)[nH]c(C)c1S(=O)(=O)N1CCCC(C(=O)Nc2cccc(C(C)=O)c2)C1. The number of benzene rings is 1. The smallest absolute Gasteiger partial charge is 0.341 e. The van der Waals surface area contributed by atoms with E-state index in [1.807, 2.05) is 0 Å². The van der Waals surface area contributed by atoms with Crippen molar-refractivity contribution in [3.8, 4) is 0 Å². The first-order valence-corrected chi connectivity index (χ1v) is 12.3. The maximum atomic E-state index is 13.5. The summed E-state index contributed by atoms with van der Waals surface area (Å²) in [5, 5.41) is 2.79. The largest absolute Gasteiger partial charge is 0.462 e. The molecule has 1 aromatic heterocycles. The topological polar surface area (TPSA) is 126 Å². The first-order chi connectivity index (χ1) is 15.6. The fourth-order valence-electron chi connectivity index (χ4n) is 4.09. The number of aromatic amines is 1. The van der Waals surface area contributed by atoms with Gasteiger partial charge in [-0.05, 0) is 52.7 Å². The summed E-state index contributed by atoms with van der Waals surface area (Å²) in [5.74, 6) is -1.70. The van der Waals surface area contributed by atoms with E-state index in [2.05, 4.69) is 10.3 Å². The van der Waals surface area contributed by atoms with Crippen LogP contribution in [0.2, 0.25) is 0 Å². The molecular weight excluding hydrogens is 446 g/mol. The summed E-state index contributed by atoms with van der Waals surface area (Å²) in [6.45, 7) is 6.68. The van der Waals surface area contributed by atoms with E-state index in [1.54, 1.807) is 45.0 Å². The van der Waals surface area contributed by atoms with E-state index >= 15 is 0 Å². The summed E-state index contributed by atoms with van der Waals surface area (Å²) in [4.78, 5) is 39.8. The van der Waals surface area contributed by atoms with Crippen molar-refractivity contribution >= 4 is 33.4 Å². The monoisotopic (exact) mass is 475 g/mol. The zero-order chi connectivity index (χ0) is 24.3. The second-order valence-electron chi connectivity index (χ2n) is 8.13. The third-order valence-electron chi connectivity index (χ3n) is 5.69. The van der Waals surface area contributed by atoms with Crippen molar-refractivity contribution in [3.05, 3.63) is 46.8 Å². The highest BCUT2D eigenvalue weighted by Crippen LogP contribution is 2.31. The van der Waals surface area contributed by atoms with Crippen LogP contribution >= 0.6 is 0 Å². The van der Waals surface area contributed by atoms with Crippen LogP contribution in [0.1, 0.15) is 58.8 Å². The molecule has 1 saturated heterocycles. The Kier molecular flexibility index (Phi) is 7.38. The molecule has 1 aliphatic rings. The molecule has 1 amide bonds. The molecule has 1 aromatic carbocycles. The summed E-state index contributed by atoms with van der Waals surface area (Å²) in [5.41, 5.74) is 1.73. The Morgan fingerprint density at radius 1 is 1.21 bits per heavy atom. The van der Waals surface area contributed by atoms with E-state index in [4.69, 9.17) is 4.74 Å². The van der Waals surface area contributed by atoms with E-state index in [0.717, 1.165) is 0 Å². The zero-order valence-electron chi connectivity index (χ0n) is 19.2. The van der Waals surface area contributed by atoms with Crippen LogP contribution in [-0.2, 0) is 19.6 Å². The number of hydrogen-bond donors (Lipinski definition) is 2. The van der Waals surface area contributed by atoms with Crippen LogP contribution in [-0.4, -0.2) is 55.1 Å². The fraction of sp³-hybridized carbons (Fsp3) is 0.435. The molecule has 0 radical (unpaired) electrons. The standard InChI is InChI=1S/C23H29N3O6S/c1-5-32-23(29)20-14(2)24-15(3)21(20)33(30,31)26-11-7-9-18(13-26)22(28)25-19-10-6-8-17(12-19)16(4)27/h6,8,10,12,18,24H,5,7,9,11,13H2,1-4H3,(H,25,28). The number of esters is 1. The number of hydrogen-bond acceptors (Lipinski definition) is 6. The van der Waals surface area contributed by atoms with Gasteiger partial charge in [-0.3, -0.25) is 9.59 Å². The van der Waals surface area contributed by atoms with Gasteiger partial charge in [-0.2, -0.15) is 4.31 Å². The Balaban J connectivity index is 1.83. The van der Waals surface area contributed by atoms with Gasteiger partial charge in [0.1, 0.15) is 10.5 Å². The minimum atomic E-state index is -4.05. The zero-order valence-corrected chi connectivity index (χ0v) is 20.0. The van der Waals surface area contributed by atoms with Gasteiger partial charge >= 0.3 is 5.97 Å². The van der Waals surface area contributed by atoms with E-state index in [0.29, 0.717) is 35.5 Å². The molecule has 2 heterocycles. The van der Waals surface area contributed by atoms with Crippen molar-refractivity contribution in [3.63, 3.8) is 0 Å². The van der Waals surface area contributed by atoms with Crippen LogP contribution in [0.3, 0.4) is 0 Å². The van der Waals surface area contributed by atoms with E-state index < -0.39 is 21.9 Å². The van der Waals surface area contributed by atoms with Crippen molar-refractivity contribution in [2.24, 2.45) is 5.92 Å².